The molecule has 15 nitrogen and oxygen atoms in total. The summed E-state index contributed by atoms with van der Waals surface area (Å²) < 4.78 is 0. The molecule has 0 aliphatic heterocycles. The summed E-state index contributed by atoms with van der Waals surface area (Å²) >= 11 is 0. The lowest BCUT2D eigenvalue weighted by molar-refractivity contribution is -0.143. The number of benzene rings is 1. The summed E-state index contributed by atoms with van der Waals surface area (Å²) in [5.74, 6) is -6.16. The summed E-state index contributed by atoms with van der Waals surface area (Å²) in [5, 5.41) is 44.1. The van der Waals surface area contributed by atoms with Gasteiger partial charge in [0, 0.05) is 37.6 Å². The molecular weight excluding hydrogens is 470 g/mol. The molecule has 0 saturated heterocycles. The zero-order chi connectivity index (χ0) is 27.0. The number of carboxylic acids is 5. The van der Waals surface area contributed by atoms with Crippen molar-refractivity contribution in [1.29, 1.82) is 0 Å². The monoisotopic (exact) mass is 501 g/mol. The van der Waals surface area contributed by atoms with Crippen molar-refractivity contribution in [2.24, 2.45) is 0 Å². The van der Waals surface area contributed by atoms with Crippen LogP contribution in [0.3, 0.4) is 0 Å². The van der Waals surface area contributed by atoms with Crippen LogP contribution in [0, 0.1) is 0 Å². The Morgan fingerprint density at radius 1 is 0.486 bits per heavy atom. The van der Waals surface area contributed by atoms with Gasteiger partial charge >= 0.3 is 29.8 Å². The molecular formula is C20H31N5O10. The second kappa shape index (κ2) is 16.6. The van der Waals surface area contributed by atoms with Crippen LogP contribution in [0.1, 0.15) is 0 Å². The molecule has 1 aromatic rings. The number of aliphatic carboxylic acids is 5. The highest BCUT2D eigenvalue weighted by Gasteiger charge is 2.19. The van der Waals surface area contributed by atoms with Crippen molar-refractivity contribution in [2.45, 2.75) is 0 Å². The predicted octanol–water partition coefficient (Wildman–Crippen LogP) is -1.83. The Morgan fingerprint density at radius 3 is 0.914 bits per heavy atom. The SMILES string of the molecule is Nc1ccc(N)cc1.O=C(O)CN(CCN(CC(=O)O)CC(=O)O)CCN(CC(=O)O)CC(=O)O. The van der Waals surface area contributed by atoms with Gasteiger partial charge in [-0.25, -0.2) is 0 Å². The number of hydrogen-bond donors (Lipinski definition) is 7. The predicted molar refractivity (Wildman–Crippen MR) is 123 cm³/mol. The molecule has 15 heteroatoms. The first kappa shape index (κ1) is 31.0. The van der Waals surface area contributed by atoms with E-state index in [-0.39, 0.29) is 26.2 Å². The first-order chi connectivity index (χ1) is 16.3. The Bertz CT molecular complexity index is 756. The number of carboxylic acid groups (broad SMARTS) is 5. The maximum atomic E-state index is 11.0. The van der Waals surface area contributed by atoms with Crippen molar-refractivity contribution in [1.82, 2.24) is 14.7 Å². The molecule has 0 bridgehead atoms. The molecule has 0 aliphatic carbocycles. The van der Waals surface area contributed by atoms with E-state index in [0.29, 0.717) is 0 Å². The van der Waals surface area contributed by atoms with Crippen LogP contribution in [-0.4, -0.2) is 129 Å². The third-order valence-corrected chi connectivity index (χ3v) is 4.20. The van der Waals surface area contributed by atoms with E-state index in [2.05, 4.69) is 0 Å². The standard InChI is InChI=1S/C14H23N3O10.C6H8N2/c18-10(19)5-15(1-3-16(6-11(20)21)7-12(22)23)2-4-17(8-13(24)25)9-14(26)27;7-5-1-2-6(8)4-3-5/h1-9H2,(H,18,19)(H,20,21)(H,22,23)(H,24,25)(H,26,27);1-4H,7-8H2. The van der Waals surface area contributed by atoms with Crippen LogP contribution in [0.2, 0.25) is 0 Å². The summed E-state index contributed by atoms with van der Waals surface area (Å²) in [5.41, 5.74) is 12.2. The van der Waals surface area contributed by atoms with Gasteiger partial charge in [0.25, 0.3) is 0 Å². The highest BCUT2D eigenvalue weighted by atomic mass is 16.4. The molecule has 0 aromatic heterocycles. The molecule has 0 aliphatic rings. The van der Waals surface area contributed by atoms with E-state index in [1.165, 1.54) is 4.90 Å². The average molecular weight is 501 g/mol. The molecule has 0 fully saturated rings. The summed E-state index contributed by atoms with van der Waals surface area (Å²) in [7, 11) is 0. The number of rotatable bonds is 16. The molecule has 1 rings (SSSR count). The number of nitrogen functional groups attached to an aromatic ring is 2. The fourth-order valence-electron chi connectivity index (χ4n) is 2.72. The Kier molecular flexibility index (Phi) is 14.8. The Balaban J connectivity index is 0.00000121. The Morgan fingerprint density at radius 2 is 0.686 bits per heavy atom. The lowest BCUT2D eigenvalue weighted by Gasteiger charge is -2.27. The Labute approximate surface area is 200 Å². The van der Waals surface area contributed by atoms with Gasteiger partial charge < -0.3 is 37.0 Å². The zero-order valence-electron chi connectivity index (χ0n) is 18.9. The first-order valence-electron chi connectivity index (χ1n) is 10.2. The van der Waals surface area contributed by atoms with E-state index in [1.54, 1.807) is 24.3 Å². The van der Waals surface area contributed by atoms with Crippen LogP contribution in [0.25, 0.3) is 0 Å². The van der Waals surface area contributed by atoms with Gasteiger partial charge in [0.05, 0.1) is 32.7 Å². The number of anilines is 2. The largest absolute Gasteiger partial charge is 0.480 e. The molecule has 0 amide bonds. The fraction of sp³-hybridized carbons (Fsp3) is 0.450. The molecule has 35 heavy (non-hydrogen) atoms. The summed E-state index contributed by atoms with van der Waals surface area (Å²) in [6, 6.07) is 7.09. The first-order valence-corrected chi connectivity index (χ1v) is 10.2. The third-order valence-electron chi connectivity index (χ3n) is 4.20. The van der Waals surface area contributed by atoms with E-state index in [9.17, 15) is 24.0 Å². The second-order valence-electron chi connectivity index (χ2n) is 7.33. The highest BCUT2D eigenvalue weighted by molar-refractivity contribution is 5.73. The minimum Gasteiger partial charge on any atom is -0.480 e. The van der Waals surface area contributed by atoms with E-state index >= 15 is 0 Å². The average Bonchev–Trinajstić information content (AvgIpc) is 2.70. The number of hydrogen-bond acceptors (Lipinski definition) is 10. The quantitative estimate of drug-likeness (QED) is 0.123. The summed E-state index contributed by atoms with van der Waals surface area (Å²) in [4.78, 5) is 57.6. The molecule has 0 atom stereocenters. The van der Waals surface area contributed by atoms with Gasteiger partial charge in [0.2, 0.25) is 0 Å². The van der Waals surface area contributed by atoms with Crippen LogP contribution in [0.5, 0.6) is 0 Å². The zero-order valence-corrected chi connectivity index (χ0v) is 18.9. The minimum absolute atomic E-state index is 0.000836. The number of carbonyl (C=O) groups is 5. The highest BCUT2D eigenvalue weighted by Crippen LogP contribution is 2.05. The number of nitrogens with zero attached hydrogens (tertiary/aromatic N) is 3. The summed E-state index contributed by atoms with van der Waals surface area (Å²) in [6.45, 7) is -2.74. The van der Waals surface area contributed by atoms with Crippen LogP contribution in [0.4, 0.5) is 11.4 Å². The van der Waals surface area contributed by atoms with Crippen molar-refractivity contribution in [3.63, 3.8) is 0 Å². The van der Waals surface area contributed by atoms with Crippen LogP contribution in [-0.2, 0) is 24.0 Å². The maximum Gasteiger partial charge on any atom is 0.317 e. The minimum atomic E-state index is -1.24. The maximum absolute atomic E-state index is 11.0. The molecule has 0 unspecified atom stereocenters. The number of nitrogens with two attached hydrogens (primary N) is 2. The van der Waals surface area contributed by atoms with Gasteiger partial charge in [-0.3, -0.25) is 38.7 Å². The normalized spacial score (nSPS) is 10.6. The van der Waals surface area contributed by atoms with Crippen LogP contribution < -0.4 is 11.5 Å². The van der Waals surface area contributed by atoms with Gasteiger partial charge in [-0.2, -0.15) is 0 Å². The summed E-state index contributed by atoms with van der Waals surface area (Å²) in [6.07, 6.45) is 0. The van der Waals surface area contributed by atoms with Gasteiger partial charge in [-0.1, -0.05) is 0 Å². The van der Waals surface area contributed by atoms with E-state index in [0.717, 1.165) is 21.2 Å². The smallest absolute Gasteiger partial charge is 0.317 e. The molecule has 0 saturated carbocycles. The second-order valence-corrected chi connectivity index (χ2v) is 7.33. The molecule has 0 spiro atoms. The third kappa shape index (κ3) is 18.2. The van der Waals surface area contributed by atoms with Gasteiger partial charge in [-0.15, -0.1) is 0 Å². The van der Waals surface area contributed by atoms with Gasteiger partial charge in [-0.05, 0) is 24.3 Å². The molecule has 1 aromatic carbocycles. The van der Waals surface area contributed by atoms with Crippen molar-refractivity contribution in [3.05, 3.63) is 24.3 Å². The lowest BCUT2D eigenvalue weighted by atomic mass is 10.3. The van der Waals surface area contributed by atoms with Crippen LogP contribution in [0.15, 0.2) is 24.3 Å². The van der Waals surface area contributed by atoms with Crippen molar-refractivity contribution >= 4 is 41.2 Å². The van der Waals surface area contributed by atoms with E-state index in [4.69, 9.17) is 37.0 Å². The van der Waals surface area contributed by atoms with E-state index < -0.39 is 62.6 Å². The molecule has 0 heterocycles. The van der Waals surface area contributed by atoms with Crippen molar-refractivity contribution < 1.29 is 49.5 Å². The van der Waals surface area contributed by atoms with Crippen LogP contribution >= 0.6 is 0 Å². The molecule has 9 N–H and O–H groups in total. The molecule has 196 valence electrons. The Hall–Kier alpha value is -3.95. The van der Waals surface area contributed by atoms with Crippen molar-refractivity contribution in [2.75, 3.05) is 70.4 Å². The fourth-order valence-corrected chi connectivity index (χ4v) is 2.72. The van der Waals surface area contributed by atoms with E-state index in [1.807, 2.05) is 0 Å². The lowest BCUT2D eigenvalue weighted by Crippen LogP contribution is -2.45. The molecule has 0 radical (unpaired) electrons. The van der Waals surface area contributed by atoms with Gasteiger partial charge in [0.15, 0.2) is 0 Å². The van der Waals surface area contributed by atoms with Crippen molar-refractivity contribution in [3.8, 4) is 0 Å². The van der Waals surface area contributed by atoms with Gasteiger partial charge in [0.1, 0.15) is 0 Å². The topological polar surface area (TPSA) is 248 Å².